The zero-order chi connectivity index (χ0) is 20.1. The quantitative estimate of drug-likeness (QED) is 0.746. The summed E-state index contributed by atoms with van der Waals surface area (Å²) in [5, 5.41) is 3.19. The number of benzene rings is 2. The van der Waals surface area contributed by atoms with E-state index in [2.05, 4.69) is 14.9 Å². The minimum Gasteiger partial charge on any atom is -0.372 e. The van der Waals surface area contributed by atoms with Crippen LogP contribution in [0.5, 0.6) is 0 Å². The van der Waals surface area contributed by atoms with Crippen molar-refractivity contribution in [3.05, 3.63) is 53.6 Å². The van der Waals surface area contributed by atoms with E-state index in [1.807, 2.05) is 24.3 Å². The average molecular weight is 422 g/mol. The molecule has 1 heterocycles. The number of rotatable bonds is 6. The molecule has 1 amide bonds. The van der Waals surface area contributed by atoms with Gasteiger partial charge in [0, 0.05) is 29.5 Å². The molecule has 1 fully saturated rings. The molecule has 2 N–H and O–H groups in total. The van der Waals surface area contributed by atoms with Gasteiger partial charge in [0.2, 0.25) is 15.9 Å². The third-order valence-corrected chi connectivity index (χ3v) is 6.51. The average Bonchev–Trinajstić information content (AvgIpc) is 2.69. The molecule has 3 rings (SSSR count). The molecule has 0 bridgehead atoms. The van der Waals surface area contributed by atoms with Crippen molar-refractivity contribution in [2.75, 3.05) is 23.3 Å². The van der Waals surface area contributed by atoms with Gasteiger partial charge < -0.3 is 10.2 Å². The predicted octanol–water partition coefficient (Wildman–Crippen LogP) is 3.64. The van der Waals surface area contributed by atoms with Crippen LogP contribution in [-0.4, -0.2) is 33.5 Å². The van der Waals surface area contributed by atoms with E-state index in [9.17, 15) is 13.2 Å². The van der Waals surface area contributed by atoms with Gasteiger partial charge in [-0.2, -0.15) is 4.72 Å². The molecule has 0 aliphatic carbocycles. The van der Waals surface area contributed by atoms with Crippen molar-refractivity contribution in [3.8, 4) is 0 Å². The normalized spacial score (nSPS) is 15.9. The Hall–Kier alpha value is -2.09. The monoisotopic (exact) mass is 421 g/mol. The van der Waals surface area contributed by atoms with Crippen molar-refractivity contribution < 1.29 is 13.2 Å². The van der Waals surface area contributed by atoms with Crippen LogP contribution < -0.4 is 14.9 Å². The van der Waals surface area contributed by atoms with Crippen LogP contribution in [-0.2, 0) is 14.8 Å². The number of anilines is 2. The zero-order valence-electron chi connectivity index (χ0n) is 15.7. The van der Waals surface area contributed by atoms with Gasteiger partial charge in [0.15, 0.2) is 0 Å². The number of amides is 1. The summed E-state index contributed by atoms with van der Waals surface area (Å²) in [5.41, 5.74) is 1.76. The molecule has 1 saturated heterocycles. The number of halogens is 1. The molecule has 2 aromatic rings. The number of carbonyl (C=O) groups excluding carboxylic acids is 1. The van der Waals surface area contributed by atoms with Crippen molar-refractivity contribution in [2.45, 2.75) is 37.1 Å². The molecule has 1 atom stereocenters. The fraction of sp³-hybridized carbons (Fsp3) is 0.350. The summed E-state index contributed by atoms with van der Waals surface area (Å²) in [6.45, 7) is 3.61. The van der Waals surface area contributed by atoms with E-state index in [-0.39, 0.29) is 4.90 Å². The number of carbonyl (C=O) groups is 1. The second-order valence-electron chi connectivity index (χ2n) is 6.88. The molecule has 0 unspecified atom stereocenters. The molecule has 2 aromatic carbocycles. The van der Waals surface area contributed by atoms with Crippen LogP contribution in [0.25, 0.3) is 0 Å². The third kappa shape index (κ3) is 5.25. The molecule has 8 heteroatoms. The second kappa shape index (κ2) is 8.94. The lowest BCUT2D eigenvalue weighted by molar-refractivity contribution is -0.117. The van der Waals surface area contributed by atoms with E-state index in [0.29, 0.717) is 10.7 Å². The maximum Gasteiger partial charge on any atom is 0.242 e. The molecule has 0 saturated carbocycles. The van der Waals surface area contributed by atoms with Gasteiger partial charge in [-0.25, -0.2) is 8.42 Å². The number of nitrogens with zero attached hydrogens (tertiary/aromatic N) is 1. The Labute approximate surface area is 170 Å². The highest BCUT2D eigenvalue weighted by Crippen LogP contribution is 2.22. The highest BCUT2D eigenvalue weighted by atomic mass is 35.5. The zero-order valence-corrected chi connectivity index (χ0v) is 17.3. The maximum absolute atomic E-state index is 12.4. The molecule has 28 heavy (non-hydrogen) atoms. The van der Waals surface area contributed by atoms with Crippen molar-refractivity contribution in [3.63, 3.8) is 0 Å². The summed E-state index contributed by atoms with van der Waals surface area (Å²) in [7, 11) is -3.81. The van der Waals surface area contributed by atoms with E-state index in [4.69, 9.17) is 11.6 Å². The van der Waals surface area contributed by atoms with Crippen LogP contribution >= 0.6 is 11.6 Å². The molecule has 0 radical (unpaired) electrons. The number of hydrogen-bond donors (Lipinski definition) is 2. The summed E-state index contributed by atoms with van der Waals surface area (Å²) in [6.07, 6.45) is 3.67. The van der Waals surface area contributed by atoms with Gasteiger partial charge in [0.25, 0.3) is 0 Å². The van der Waals surface area contributed by atoms with Crippen LogP contribution in [0.15, 0.2) is 53.4 Å². The first-order chi connectivity index (χ1) is 13.3. The predicted molar refractivity (Wildman–Crippen MR) is 112 cm³/mol. The van der Waals surface area contributed by atoms with Crippen molar-refractivity contribution in [1.82, 2.24) is 4.72 Å². The van der Waals surface area contributed by atoms with Gasteiger partial charge >= 0.3 is 0 Å². The Balaban J connectivity index is 1.59. The molecule has 6 nitrogen and oxygen atoms in total. The smallest absolute Gasteiger partial charge is 0.242 e. The lowest BCUT2D eigenvalue weighted by atomic mass is 10.1. The van der Waals surface area contributed by atoms with Crippen molar-refractivity contribution >= 4 is 38.9 Å². The highest BCUT2D eigenvalue weighted by Gasteiger charge is 2.22. The van der Waals surface area contributed by atoms with Crippen LogP contribution in [0.4, 0.5) is 11.4 Å². The topological polar surface area (TPSA) is 78.5 Å². The first-order valence-electron chi connectivity index (χ1n) is 9.29. The Kier molecular flexibility index (Phi) is 6.59. The summed E-state index contributed by atoms with van der Waals surface area (Å²) in [6, 6.07) is 12.5. The standard InChI is InChI=1S/C20H24ClN3O3S/c1-15(23-28(26,27)19-11-5-16(21)6-12-19)20(25)22-17-7-9-18(10-8-17)24-13-3-2-4-14-24/h5-12,15,23H,2-4,13-14H2,1H3,(H,22,25)/t15-/m0/s1. The first kappa shape index (κ1) is 20.6. The maximum atomic E-state index is 12.4. The van der Waals surface area contributed by atoms with Crippen LogP contribution in [0.1, 0.15) is 26.2 Å². The minimum atomic E-state index is -3.81. The summed E-state index contributed by atoms with van der Waals surface area (Å²) < 4.78 is 27.2. The lowest BCUT2D eigenvalue weighted by Gasteiger charge is -2.28. The molecule has 1 aliphatic heterocycles. The largest absolute Gasteiger partial charge is 0.372 e. The molecule has 0 aromatic heterocycles. The van der Waals surface area contributed by atoms with E-state index in [1.54, 1.807) is 0 Å². The second-order valence-corrected chi connectivity index (χ2v) is 9.03. The van der Waals surface area contributed by atoms with Crippen LogP contribution in [0, 0.1) is 0 Å². The Bertz CT molecular complexity index is 909. The SMILES string of the molecule is C[C@H](NS(=O)(=O)c1ccc(Cl)cc1)C(=O)Nc1ccc(N2CCCCC2)cc1. The number of nitrogens with one attached hydrogen (secondary N) is 2. The number of sulfonamides is 1. The Morgan fingerprint density at radius 2 is 1.61 bits per heavy atom. The molecular weight excluding hydrogens is 398 g/mol. The molecular formula is C20H24ClN3O3S. The van der Waals surface area contributed by atoms with Gasteiger partial charge in [-0.15, -0.1) is 0 Å². The van der Waals surface area contributed by atoms with Gasteiger partial charge in [-0.1, -0.05) is 11.6 Å². The Morgan fingerprint density at radius 1 is 1.00 bits per heavy atom. The van der Waals surface area contributed by atoms with E-state index < -0.39 is 22.0 Å². The van der Waals surface area contributed by atoms with Gasteiger partial charge in [-0.3, -0.25) is 4.79 Å². The molecule has 1 aliphatic rings. The van der Waals surface area contributed by atoms with Crippen molar-refractivity contribution in [1.29, 1.82) is 0 Å². The first-order valence-corrected chi connectivity index (χ1v) is 11.1. The third-order valence-electron chi connectivity index (χ3n) is 4.71. The Morgan fingerprint density at radius 3 is 2.21 bits per heavy atom. The number of hydrogen-bond acceptors (Lipinski definition) is 4. The van der Waals surface area contributed by atoms with Gasteiger partial charge in [0.05, 0.1) is 10.9 Å². The molecule has 0 spiro atoms. The van der Waals surface area contributed by atoms with E-state index in [0.717, 1.165) is 18.8 Å². The molecule has 150 valence electrons. The fourth-order valence-corrected chi connectivity index (χ4v) is 4.46. The number of piperidine rings is 1. The summed E-state index contributed by atoms with van der Waals surface area (Å²) in [5.74, 6) is -0.428. The summed E-state index contributed by atoms with van der Waals surface area (Å²) in [4.78, 5) is 14.8. The summed E-state index contributed by atoms with van der Waals surface area (Å²) >= 11 is 5.79. The van der Waals surface area contributed by atoms with Gasteiger partial charge in [-0.05, 0) is 74.7 Å². The highest BCUT2D eigenvalue weighted by molar-refractivity contribution is 7.89. The van der Waals surface area contributed by atoms with E-state index >= 15 is 0 Å². The van der Waals surface area contributed by atoms with Crippen molar-refractivity contribution in [2.24, 2.45) is 0 Å². The lowest BCUT2D eigenvalue weighted by Crippen LogP contribution is -2.41. The van der Waals surface area contributed by atoms with Gasteiger partial charge in [0.1, 0.15) is 0 Å². The fourth-order valence-electron chi connectivity index (χ4n) is 3.13. The van der Waals surface area contributed by atoms with E-state index in [1.165, 1.54) is 50.5 Å². The van der Waals surface area contributed by atoms with Crippen LogP contribution in [0.3, 0.4) is 0 Å². The van der Waals surface area contributed by atoms with Crippen LogP contribution in [0.2, 0.25) is 5.02 Å². The minimum absolute atomic E-state index is 0.0578.